The molecule has 0 spiro atoms. The molecule has 0 aliphatic heterocycles. The molecule has 2 aromatic heterocycles. The van der Waals surface area contributed by atoms with Crippen molar-refractivity contribution in [3.05, 3.63) is 81.5 Å². The summed E-state index contributed by atoms with van der Waals surface area (Å²) in [5.41, 5.74) is 15.6. The first kappa shape index (κ1) is 45.7. The van der Waals surface area contributed by atoms with Crippen LogP contribution < -0.4 is 42.0 Å². The monoisotopic (exact) mass is 871 g/mol. The lowest BCUT2D eigenvalue weighted by molar-refractivity contribution is -0.676. The molecule has 0 saturated heterocycles. The molecule has 332 valence electrons. The van der Waals surface area contributed by atoms with Crippen molar-refractivity contribution >= 4 is 57.9 Å². The lowest BCUT2D eigenvalue weighted by atomic mass is 9.90. The normalized spacial score (nSPS) is 17.8. The van der Waals surface area contributed by atoms with E-state index >= 15 is 0 Å². The van der Waals surface area contributed by atoms with Crippen LogP contribution in [-0.2, 0) is 31.0 Å². The molecule has 0 bridgehead atoms. The molecule has 1 saturated carbocycles. The van der Waals surface area contributed by atoms with Gasteiger partial charge < -0.3 is 47.3 Å². The fourth-order valence-electron chi connectivity index (χ4n) is 8.27. The first-order valence-corrected chi connectivity index (χ1v) is 21.6. The molecule has 18 heteroatoms. The molecule has 62 heavy (non-hydrogen) atoms. The summed E-state index contributed by atoms with van der Waals surface area (Å²) < 4.78 is 10.2. The van der Waals surface area contributed by atoms with Crippen molar-refractivity contribution in [2.75, 3.05) is 46.3 Å². The van der Waals surface area contributed by atoms with Crippen molar-refractivity contribution < 1.29 is 28.5 Å². The standard InChI is InChI=1S/C44H59ClN12O5/c1-7-56-34-18-9-26(19-35(34)57(8-2)37(56)24-49-44(61)38-40(46)53-41(47)39(45)52-38)23-48-36(58)25-62-33-21-27(42(59)50-29-10-14-31(15-11-29)54(3)4)20-28(22-33)43(60)51-30-12-16-32(17-13-30)55(5)6/h9-10,18-22,30-32H,7-8,11-17,23-25H2,1-6H3,(H7-,46,47,48,49,50,51,53,58,59,60,61)/p+1. The van der Waals surface area contributed by atoms with E-state index < -0.39 is 5.91 Å². The second-order valence-electron chi connectivity index (χ2n) is 16.4. The molecule has 1 fully saturated rings. The van der Waals surface area contributed by atoms with Gasteiger partial charge in [-0.25, -0.2) is 19.1 Å². The van der Waals surface area contributed by atoms with E-state index in [1.165, 1.54) is 0 Å². The summed E-state index contributed by atoms with van der Waals surface area (Å²) in [5, 5.41) is 11.9. The second-order valence-corrected chi connectivity index (χ2v) is 16.7. The van der Waals surface area contributed by atoms with Crippen LogP contribution in [0.15, 0.2) is 48.2 Å². The first-order valence-electron chi connectivity index (χ1n) is 21.2. The highest BCUT2D eigenvalue weighted by atomic mass is 35.5. The Balaban J connectivity index is 1.12. The molecule has 2 heterocycles. The molecule has 8 N–H and O–H groups in total. The van der Waals surface area contributed by atoms with Crippen molar-refractivity contribution in [3.8, 4) is 5.75 Å². The number of aryl methyl sites for hydroxylation is 2. The van der Waals surface area contributed by atoms with Crippen molar-refractivity contribution in [1.82, 2.24) is 45.6 Å². The van der Waals surface area contributed by atoms with E-state index in [-0.39, 0.29) is 82.8 Å². The smallest absolute Gasteiger partial charge is 0.277 e. The Morgan fingerprint density at radius 3 is 2.21 bits per heavy atom. The van der Waals surface area contributed by atoms with Gasteiger partial charge >= 0.3 is 0 Å². The number of benzene rings is 2. The first-order chi connectivity index (χ1) is 29.6. The quantitative estimate of drug-likeness (QED) is 0.0896. The van der Waals surface area contributed by atoms with Gasteiger partial charge in [0.2, 0.25) is 0 Å². The van der Waals surface area contributed by atoms with Gasteiger partial charge in [-0.2, -0.15) is 0 Å². The number of nitrogens with two attached hydrogens (primary N) is 2. The zero-order valence-electron chi connectivity index (χ0n) is 36.5. The lowest BCUT2D eigenvalue weighted by Crippen LogP contribution is -2.41. The van der Waals surface area contributed by atoms with Crippen molar-refractivity contribution in [2.45, 2.75) is 103 Å². The molecule has 4 aromatic rings. The number of ether oxygens (including phenoxy) is 1. The summed E-state index contributed by atoms with van der Waals surface area (Å²) in [6, 6.07) is 11.6. The maximum Gasteiger partial charge on any atom is 0.277 e. The number of carbonyl (C=O) groups excluding carboxylic acids is 4. The fourth-order valence-corrected chi connectivity index (χ4v) is 8.39. The van der Waals surface area contributed by atoms with E-state index in [1.807, 2.05) is 32.0 Å². The summed E-state index contributed by atoms with van der Waals surface area (Å²) in [7, 11) is 8.27. The molecular formula is C44H60ClN12O5+. The number of rotatable bonds is 16. The Bertz CT molecular complexity index is 2340. The van der Waals surface area contributed by atoms with Crippen molar-refractivity contribution in [2.24, 2.45) is 0 Å². The van der Waals surface area contributed by atoms with Crippen LogP contribution in [0.2, 0.25) is 5.15 Å². The van der Waals surface area contributed by atoms with Crippen LogP contribution in [-0.4, -0.2) is 101 Å². The molecular weight excluding hydrogens is 812 g/mol. The number of nitrogens with zero attached hydrogens (tertiary/aromatic N) is 6. The maximum atomic E-state index is 13.6. The summed E-state index contributed by atoms with van der Waals surface area (Å²) >= 11 is 6.00. The summed E-state index contributed by atoms with van der Waals surface area (Å²) in [6.07, 6.45) is 8.25. The van der Waals surface area contributed by atoms with Crippen LogP contribution in [0.25, 0.3) is 11.0 Å². The molecule has 1 unspecified atom stereocenters. The summed E-state index contributed by atoms with van der Waals surface area (Å²) in [4.78, 5) is 65.9. The van der Waals surface area contributed by atoms with Gasteiger partial charge in [-0.15, -0.1) is 0 Å². The molecule has 0 radical (unpaired) electrons. The Labute approximate surface area is 367 Å². The Morgan fingerprint density at radius 1 is 0.855 bits per heavy atom. The molecule has 2 aliphatic carbocycles. The second kappa shape index (κ2) is 20.4. The number of hydrogen-bond donors (Lipinski definition) is 6. The number of imidazole rings is 1. The number of carbonyl (C=O) groups is 4. The van der Waals surface area contributed by atoms with Crippen molar-refractivity contribution in [1.29, 1.82) is 0 Å². The minimum Gasteiger partial charge on any atom is -0.484 e. The minimum absolute atomic E-state index is 0.0259. The Morgan fingerprint density at radius 2 is 1.56 bits per heavy atom. The third kappa shape index (κ3) is 11.0. The third-order valence-corrected chi connectivity index (χ3v) is 12.1. The zero-order valence-corrected chi connectivity index (χ0v) is 37.3. The fraction of sp³-hybridized carbons (Fsp3) is 0.477. The highest BCUT2D eigenvalue weighted by Crippen LogP contribution is 2.25. The van der Waals surface area contributed by atoms with Gasteiger partial charge in [0.25, 0.3) is 29.5 Å². The maximum absolute atomic E-state index is 13.6. The predicted molar refractivity (Wildman–Crippen MR) is 238 cm³/mol. The molecule has 6 rings (SSSR count). The SMILES string of the molecule is CCn1c(CNC(=O)c2nc(Cl)c(N)nc2N)[n+](CC)c2ccc(CNC(=O)COc3cc(C(=O)NC4=CCC(N(C)C)CC4)cc(C(=O)NC4CCC(N(C)C)CC4)c3)cc21. The van der Waals surface area contributed by atoms with Gasteiger partial charge in [0.15, 0.2) is 40.1 Å². The van der Waals surface area contributed by atoms with Gasteiger partial charge in [0, 0.05) is 41.5 Å². The Hall–Kier alpha value is -5.78. The number of nitrogen functional groups attached to an aromatic ring is 2. The van der Waals surface area contributed by atoms with E-state index in [2.05, 4.69) is 84.4 Å². The molecule has 4 amide bonds. The summed E-state index contributed by atoms with van der Waals surface area (Å²) in [5.74, 6) is -0.658. The van der Waals surface area contributed by atoms with Crippen LogP contribution in [0, 0.1) is 0 Å². The number of anilines is 2. The molecule has 2 aliphatic rings. The van der Waals surface area contributed by atoms with Crippen LogP contribution in [0.3, 0.4) is 0 Å². The van der Waals surface area contributed by atoms with E-state index in [1.54, 1.807) is 18.2 Å². The Kier molecular flexibility index (Phi) is 15.0. The third-order valence-electron chi connectivity index (χ3n) is 11.8. The molecule has 1 atom stereocenters. The number of fused-ring (bicyclic) bond motifs is 1. The van der Waals surface area contributed by atoms with Crippen molar-refractivity contribution in [3.63, 3.8) is 0 Å². The van der Waals surface area contributed by atoms with Gasteiger partial charge in [0.1, 0.15) is 12.3 Å². The topological polar surface area (TPSA) is 219 Å². The van der Waals surface area contributed by atoms with Gasteiger partial charge in [-0.1, -0.05) is 23.7 Å². The summed E-state index contributed by atoms with van der Waals surface area (Å²) in [6.45, 7) is 5.33. The van der Waals surface area contributed by atoms with Crippen LogP contribution >= 0.6 is 11.6 Å². The number of aromatic nitrogens is 4. The highest BCUT2D eigenvalue weighted by Gasteiger charge is 2.27. The number of allylic oxidation sites excluding steroid dienone is 1. The van der Waals surface area contributed by atoms with E-state index in [0.717, 1.165) is 73.1 Å². The van der Waals surface area contributed by atoms with Gasteiger partial charge in [-0.3, -0.25) is 19.2 Å². The van der Waals surface area contributed by atoms with E-state index in [4.69, 9.17) is 27.8 Å². The lowest BCUT2D eigenvalue weighted by Gasteiger charge is -2.33. The average Bonchev–Trinajstić information content (AvgIpc) is 3.57. The number of halogens is 1. The zero-order chi connectivity index (χ0) is 44.7. The number of amides is 4. The van der Waals surface area contributed by atoms with Gasteiger partial charge in [0.05, 0.1) is 13.1 Å². The molecule has 17 nitrogen and oxygen atoms in total. The predicted octanol–water partition coefficient (Wildman–Crippen LogP) is 3.53. The van der Waals surface area contributed by atoms with Crippen LogP contribution in [0.5, 0.6) is 5.75 Å². The van der Waals surface area contributed by atoms with E-state index in [0.29, 0.717) is 25.2 Å². The minimum atomic E-state index is -0.541. The number of nitrogens with one attached hydrogen (secondary N) is 4. The van der Waals surface area contributed by atoms with E-state index in [9.17, 15) is 19.2 Å². The average molecular weight is 872 g/mol. The highest BCUT2D eigenvalue weighted by molar-refractivity contribution is 6.31. The largest absolute Gasteiger partial charge is 0.484 e. The van der Waals surface area contributed by atoms with Crippen LogP contribution in [0.1, 0.15) is 101 Å². The number of hydrogen-bond acceptors (Lipinski definition) is 11. The van der Waals surface area contributed by atoms with Gasteiger partial charge in [-0.05, 0) is 123 Å². The molecule has 2 aromatic carbocycles. The van der Waals surface area contributed by atoms with Crippen LogP contribution in [0.4, 0.5) is 11.6 Å².